The lowest BCUT2D eigenvalue weighted by Crippen LogP contribution is -2.04. The first kappa shape index (κ1) is 10.3. The molecule has 0 aliphatic carbocycles. The van der Waals surface area contributed by atoms with Gasteiger partial charge in [-0.25, -0.2) is 0 Å². The lowest BCUT2D eigenvalue weighted by molar-refractivity contribution is 0.127. The van der Waals surface area contributed by atoms with Crippen LogP contribution in [-0.4, -0.2) is 5.11 Å². The van der Waals surface area contributed by atoms with E-state index >= 15 is 0 Å². The lowest BCUT2D eigenvalue weighted by atomic mass is 10.0. The van der Waals surface area contributed by atoms with Crippen molar-refractivity contribution in [3.8, 4) is 0 Å². The molecule has 0 saturated carbocycles. The number of hydrogen-bond donors (Lipinski definition) is 1. The number of aliphatic hydroxyl groups excluding tert-OH is 1. The molecule has 0 radical (unpaired) electrons. The molecule has 0 aromatic carbocycles. The molecule has 0 fully saturated rings. The fourth-order valence-electron chi connectivity index (χ4n) is 0.914. The van der Waals surface area contributed by atoms with Gasteiger partial charge in [0.2, 0.25) is 0 Å². The molecule has 1 heterocycles. The van der Waals surface area contributed by atoms with E-state index in [0.29, 0.717) is 8.67 Å². The summed E-state index contributed by atoms with van der Waals surface area (Å²) >= 11 is 12.9. The molecule has 0 aliphatic rings. The maximum absolute atomic E-state index is 9.66. The molecule has 68 valence electrons. The van der Waals surface area contributed by atoms with Gasteiger partial charge < -0.3 is 5.11 Å². The van der Waals surface area contributed by atoms with E-state index in [4.69, 9.17) is 23.2 Å². The number of rotatable bonds is 2. The molecule has 0 saturated heterocycles. The van der Waals surface area contributed by atoms with Gasteiger partial charge in [0.15, 0.2) is 0 Å². The Kier molecular flexibility index (Phi) is 3.41. The maximum Gasteiger partial charge on any atom is 0.100 e. The van der Waals surface area contributed by atoms with Crippen molar-refractivity contribution < 1.29 is 5.11 Å². The van der Waals surface area contributed by atoms with Crippen molar-refractivity contribution in [3.63, 3.8) is 0 Å². The quantitative estimate of drug-likeness (QED) is 0.812. The monoisotopic (exact) mass is 224 g/mol. The number of thiophene rings is 1. The summed E-state index contributed by atoms with van der Waals surface area (Å²) in [6, 6.07) is 1.72. The number of aliphatic hydroxyl groups is 1. The summed E-state index contributed by atoms with van der Waals surface area (Å²) in [5.41, 5.74) is 0.738. The van der Waals surface area contributed by atoms with Crippen molar-refractivity contribution in [1.82, 2.24) is 0 Å². The zero-order chi connectivity index (χ0) is 9.30. The summed E-state index contributed by atoms with van der Waals surface area (Å²) < 4.78 is 1.20. The molecule has 0 bridgehead atoms. The minimum Gasteiger partial charge on any atom is -0.388 e. The number of hydrogen-bond acceptors (Lipinski definition) is 2. The first-order chi connectivity index (χ1) is 5.52. The molecule has 0 amide bonds. The topological polar surface area (TPSA) is 20.2 Å². The summed E-state index contributed by atoms with van der Waals surface area (Å²) in [7, 11) is 0. The molecule has 1 aromatic rings. The van der Waals surface area contributed by atoms with Gasteiger partial charge in [-0.1, -0.05) is 37.0 Å². The van der Waals surface area contributed by atoms with E-state index in [-0.39, 0.29) is 5.92 Å². The molecular weight excluding hydrogens is 215 g/mol. The summed E-state index contributed by atoms with van der Waals surface area (Å²) in [6.07, 6.45) is -0.513. The largest absolute Gasteiger partial charge is 0.388 e. The van der Waals surface area contributed by atoms with E-state index in [2.05, 4.69) is 0 Å². The number of halogens is 2. The van der Waals surface area contributed by atoms with Crippen molar-refractivity contribution in [3.05, 3.63) is 20.3 Å². The predicted octanol–water partition coefficient (Wildman–Crippen LogP) is 3.74. The Hall–Kier alpha value is 0.240. The van der Waals surface area contributed by atoms with Crippen LogP contribution < -0.4 is 0 Å². The van der Waals surface area contributed by atoms with Gasteiger partial charge in [-0.3, -0.25) is 0 Å². The first-order valence-corrected chi connectivity index (χ1v) is 5.22. The zero-order valence-electron chi connectivity index (χ0n) is 6.84. The Bertz CT molecular complexity index is 270. The van der Waals surface area contributed by atoms with Gasteiger partial charge >= 0.3 is 0 Å². The Morgan fingerprint density at radius 2 is 2.00 bits per heavy atom. The van der Waals surface area contributed by atoms with E-state index in [1.807, 2.05) is 13.8 Å². The molecule has 1 nitrogen and oxygen atoms in total. The third-order valence-electron chi connectivity index (χ3n) is 1.63. The van der Waals surface area contributed by atoms with Gasteiger partial charge in [-0.05, 0) is 12.0 Å². The van der Waals surface area contributed by atoms with Crippen LogP contribution in [0.25, 0.3) is 0 Å². The van der Waals surface area contributed by atoms with Gasteiger partial charge in [0, 0.05) is 5.56 Å². The van der Waals surface area contributed by atoms with E-state index in [1.165, 1.54) is 11.3 Å². The Morgan fingerprint density at radius 1 is 1.42 bits per heavy atom. The lowest BCUT2D eigenvalue weighted by Gasteiger charge is -2.12. The molecule has 12 heavy (non-hydrogen) atoms. The Labute approximate surface area is 85.9 Å². The summed E-state index contributed by atoms with van der Waals surface area (Å²) in [5, 5.41) is 9.66. The highest BCUT2D eigenvalue weighted by Crippen LogP contribution is 2.37. The SMILES string of the molecule is CC(C)C(O)c1cc(Cl)sc1Cl. The second-order valence-corrected chi connectivity index (χ2v) is 5.25. The zero-order valence-corrected chi connectivity index (χ0v) is 9.17. The van der Waals surface area contributed by atoms with Gasteiger partial charge in [-0.15, -0.1) is 11.3 Å². The highest BCUT2D eigenvalue weighted by Gasteiger charge is 2.17. The smallest absolute Gasteiger partial charge is 0.100 e. The molecule has 1 rings (SSSR count). The van der Waals surface area contributed by atoms with Crippen molar-refractivity contribution in [2.75, 3.05) is 0 Å². The standard InChI is InChI=1S/C8H10Cl2OS/c1-4(2)7(11)5-3-6(9)12-8(5)10/h3-4,7,11H,1-2H3. The van der Waals surface area contributed by atoms with Crippen LogP contribution in [0.15, 0.2) is 6.07 Å². The Morgan fingerprint density at radius 3 is 2.33 bits per heavy atom. The van der Waals surface area contributed by atoms with Crippen LogP contribution in [0.5, 0.6) is 0 Å². The van der Waals surface area contributed by atoms with Crippen molar-refractivity contribution in [2.45, 2.75) is 20.0 Å². The molecule has 1 atom stereocenters. The normalized spacial score (nSPS) is 13.8. The van der Waals surface area contributed by atoms with Gasteiger partial charge in [0.25, 0.3) is 0 Å². The van der Waals surface area contributed by atoms with Gasteiger partial charge in [0.1, 0.15) is 4.34 Å². The van der Waals surface area contributed by atoms with Crippen LogP contribution in [0, 0.1) is 5.92 Å². The van der Waals surface area contributed by atoms with Gasteiger partial charge in [0.05, 0.1) is 10.4 Å². The summed E-state index contributed by atoms with van der Waals surface area (Å²) in [4.78, 5) is 0. The highest BCUT2D eigenvalue weighted by atomic mass is 35.5. The van der Waals surface area contributed by atoms with Crippen LogP contribution >= 0.6 is 34.5 Å². The third-order valence-corrected chi connectivity index (χ3v) is 3.15. The summed E-state index contributed by atoms with van der Waals surface area (Å²) in [5.74, 6) is 0.160. The molecule has 1 unspecified atom stereocenters. The van der Waals surface area contributed by atoms with Crippen LogP contribution in [0.4, 0.5) is 0 Å². The van der Waals surface area contributed by atoms with Crippen LogP contribution in [0.1, 0.15) is 25.5 Å². The predicted molar refractivity (Wildman–Crippen MR) is 54.1 cm³/mol. The van der Waals surface area contributed by atoms with E-state index in [1.54, 1.807) is 6.07 Å². The minimum absolute atomic E-state index is 0.160. The summed E-state index contributed by atoms with van der Waals surface area (Å²) in [6.45, 7) is 3.87. The third kappa shape index (κ3) is 2.13. The second-order valence-electron chi connectivity index (χ2n) is 2.97. The van der Waals surface area contributed by atoms with E-state index in [0.717, 1.165) is 5.56 Å². The first-order valence-electron chi connectivity index (χ1n) is 3.65. The van der Waals surface area contributed by atoms with E-state index in [9.17, 15) is 5.11 Å². The maximum atomic E-state index is 9.66. The molecule has 1 N–H and O–H groups in total. The van der Waals surface area contributed by atoms with Crippen molar-refractivity contribution >= 4 is 34.5 Å². The highest BCUT2D eigenvalue weighted by molar-refractivity contribution is 7.20. The fraction of sp³-hybridized carbons (Fsp3) is 0.500. The van der Waals surface area contributed by atoms with E-state index < -0.39 is 6.10 Å². The fourth-order valence-corrected chi connectivity index (χ4v) is 2.45. The van der Waals surface area contributed by atoms with Crippen LogP contribution in [-0.2, 0) is 0 Å². The molecule has 0 spiro atoms. The molecular formula is C8H10Cl2OS. The minimum atomic E-state index is -0.513. The molecule has 4 heteroatoms. The van der Waals surface area contributed by atoms with Crippen LogP contribution in [0.2, 0.25) is 8.67 Å². The average Bonchev–Trinajstić information content (AvgIpc) is 2.28. The molecule has 1 aromatic heterocycles. The van der Waals surface area contributed by atoms with Gasteiger partial charge in [-0.2, -0.15) is 0 Å². The van der Waals surface area contributed by atoms with Crippen molar-refractivity contribution in [2.24, 2.45) is 5.92 Å². The second kappa shape index (κ2) is 3.97. The van der Waals surface area contributed by atoms with Crippen LogP contribution in [0.3, 0.4) is 0 Å². The molecule has 0 aliphatic heterocycles. The Balaban J connectivity index is 2.94. The van der Waals surface area contributed by atoms with Crippen molar-refractivity contribution in [1.29, 1.82) is 0 Å². The average molecular weight is 225 g/mol.